The van der Waals surface area contributed by atoms with Crippen LogP contribution in [0.15, 0.2) is 0 Å². The SMILES string of the molecule is C#CCOC(=O)[CH]C. The number of carbonyl (C=O) groups excluding carboxylic acids is 1. The first kappa shape index (κ1) is 7.03. The standard InChI is InChI=1S/C6H7O2/c1-3-5-8-6(7)4-2/h1,4H,5H2,2H3. The second kappa shape index (κ2) is 4.20. The Kier molecular flexibility index (Phi) is 3.69. The van der Waals surface area contributed by atoms with Crippen LogP contribution in [0.1, 0.15) is 6.92 Å². The van der Waals surface area contributed by atoms with Crippen molar-refractivity contribution in [3.63, 3.8) is 0 Å². The Hall–Kier alpha value is -0.970. The van der Waals surface area contributed by atoms with Crippen LogP contribution in [0.25, 0.3) is 0 Å². The van der Waals surface area contributed by atoms with Crippen LogP contribution in [-0.4, -0.2) is 12.6 Å². The van der Waals surface area contributed by atoms with Gasteiger partial charge in [0.2, 0.25) is 0 Å². The van der Waals surface area contributed by atoms with E-state index in [1.165, 1.54) is 6.42 Å². The minimum Gasteiger partial charge on any atom is -0.452 e. The summed E-state index contributed by atoms with van der Waals surface area (Å²) in [6, 6.07) is 0. The highest BCUT2D eigenvalue weighted by Gasteiger charge is 1.93. The van der Waals surface area contributed by atoms with Gasteiger partial charge in [-0.2, -0.15) is 0 Å². The molecule has 0 amide bonds. The number of hydrogen-bond donors (Lipinski definition) is 0. The van der Waals surface area contributed by atoms with E-state index in [1.54, 1.807) is 6.92 Å². The van der Waals surface area contributed by atoms with Crippen molar-refractivity contribution in [2.45, 2.75) is 6.92 Å². The molecule has 0 fully saturated rings. The molecule has 0 rings (SSSR count). The van der Waals surface area contributed by atoms with Gasteiger partial charge in [0, 0.05) is 0 Å². The summed E-state index contributed by atoms with van der Waals surface area (Å²) in [5, 5.41) is 0. The lowest BCUT2D eigenvalue weighted by atomic mass is 10.5. The van der Waals surface area contributed by atoms with Crippen molar-refractivity contribution in [1.29, 1.82) is 0 Å². The van der Waals surface area contributed by atoms with Crippen molar-refractivity contribution in [2.75, 3.05) is 6.61 Å². The number of rotatable bonds is 2. The molecule has 2 nitrogen and oxygen atoms in total. The first-order valence-corrected chi connectivity index (χ1v) is 2.21. The monoisotopic (exact) mass is 111 g/mol. The minimum atomic E-state index is -0.372. The smallest absolute Gasteiger partial charge is 0.310 e. The summed E-state index contributed by atoms with van der Waals surface area (Å²) >= 11 is 0. The molecule has 0 aliphatic heterocycles. The largest absolute Gasteiger partial charge is 0.452 e. The molecule has 2 heteroatoms. The number of ether oxygens (including phenoxy) is 1. The van der Waals surface area contributed by atoms with E-state index in [1.807, 2.05) is 0 Å². The Morgan fingerprint density at radius 2 is 2.62 bits per heavy atom. The molecule has 0 saturated carbocycles. The lowest BCUT2D eigenvalue weighted by Crippen LogP contribution is -2.02. The molecule has 0 aromatic heterocycles. The average molecular weight is 111 g/mol. The molecule has 0 aliphatic carbocycles. The maximum absolute atomic E-state index is 10.2. The summed E-state index contributed by atoms with van der Waals surface area (Å²) in [7, 11) is 0. The summed E-state index contributed by atoms with van der Waals surface area (Å²) < 4.78 is 4.41. The lowest BCUT2D eigenvalue weighted by Gasteiger charge is -1.93. The van der Waals surface area contributed by atoms with Gasteiger partial charge in [0.25, 0.3) is 0 Å². The van der Waals surface area contributed by atoms with E-state index in [2.05, 4.69) is 10.7 Å². The molecule has 0 heterocycles. The normalized spacial score (nSPS) is 7.50. The van der Waals surface area contributed by atoms with E-state index in [0.717, 1.165) is 0 Å². The van der Waals surface area contributed by atoms with Crippen molar-refractivity contribution in [3.05, 3.63) is 6.42 Å². The molecule has 0 saturated heterocycles. The molecule has 0 spiro atoms. The van der Waals surface area contributed by atoms with E-state index >= 15 is 0 Å². The van der Waals surface area contributed by atoms with Gasteiger partial charge in [-0.1, -0.05) is 12.8 Å². The summed E-state index contributed by atoms with van der Waals surface area (Å²) in [5.41, 5.74) is 0. The van der Waals surface area contributed by atoms with Crippen LogP contribution in [0.5, 0.6) is 0 Å². The molecule has 0 aliphatic rings. The maximum Gasteiger partial charge on any atom is 0.310 e. The predicted octanol–water partition coefficient (Wildman–Crippen LogP) is 0.387. The van der Waals surface area contributed by atoms with Gasteiger partial charge in [-0.25, -0.2) is 0 Å². The van der Waals surface area contributed by atoms with Gasteiger partial charge >= 0.3 is 5.97 Å². The van der Waals surface area contributed by atoms with Crippen molar-refractivity contribution < 1.29 is 9.53 Å². The van der Waals surface area contributed by atoms with Crippen LogP contribution in [0.4, 0.5) is 0 Å². The third-order valence-corrected chi connectivity index (χ3v) is 0.533. The van der Waals surface area contributed by atoms with Crippen molar-refractivity contribution in [3.8, 4) is 12.3 Å². The maximum atomic E-state index is 10.2. The van der Waals surface area contributed by atoms with Gasteiger partial charge in [-0.15, -0.1) is 6.42 Å². The van der Waals surface area contributed by atoms with Crippen LogP contribution in [0.3, 0.4) is 0 Å². The minimum absolute atomic E-state index is 0.0587. The van der Waals surface area contributed by atoms with Crippen molar-refractivity contribution in [1.82, 2.24) is 0 Å². The summed E-state index contributed by atoms with van der Waals surface area (Å²) in [4.78, 5) is 10.2. The molecule has 0 unspecified atom stereocenters. The van der Waals surface area contributed by atoms with Crippen LogP contribution in [0.2, 0.25) is 0 Å². The zero-order chi connectivity index (χ0) is 6.41. The Morgan fingerprint density at radius 3 is 3.00 bits per heavy atom. The van der Waals surface area contributed by atoms with Gasteiger partial charge in [0.1, 0.15) is 0 Å². The highest BCUT2D eigenvalue weighted by Crippen LogP contribution is 1.79. The molecule has 0 bridgehead atoms. The Bertz CT molecular complexity index is 110. The lowest BCUT2D eigenvalue weighted by molar-refractivity contribution is -0.137. The fourth-order valence-corrected chi connectivity index (χ4v) is 0.196. The second-order valence-electron chi connectivity index (χ2n) is 1.10. The number of hydrogen-bond acceptors (Lipinski definition) is 2. The third-order valence-electron chi connectivity index (χ3n) is 0.533. The summed E-state index contributed by atoms with van der Waals surface area (Å²) in [6.07, 6.45) is 6.11. The van der Waals surface area contributed by atoms with E-state index < -0.39 is 0 Å². The van der Waals surface area contributed by atoms with Gasteiger partial charge in [0.15, 0.2) is 6.61 Å². The summed E-state index contributed by atoms with van der Waals surface area (Å²) in [6.45, 7) is 1.65. The van der Waals surface area contributed by atoms with Gasteiger partial charge in [0.05, 0.1) is 6.42 Å². The summed E-state index contributed by atoms with van der Waals surface area (Å²) in [5.74, 6) is 1.80. The van der Waals surface area contributed by atoms with Crippen molar-refractivity contribution in [2.24, 2.45) is 0 Å². The van der Waals surface area contributed by atoms with E-state index in [0.29, 0.717) is 0 Å². The Labute approximate surface area is 48.8 Å². The van der Waals surface area contributed by atoms with Gasteiger partial charge in [-0.3, -0.25) is 4.79 Å². The second-order valence-corrected chi connectivity index (χ2v) is 1.10. The molecule has 0 aromatic rings. The third kappa shape index (κ3) is 3.23. The first-order valence-electron chi connectivity index (χ1n) is 2.21. The number of esters is 1. The fraction of sp³-hybridized carbons (Fsp3) is 0.333. The molecule has 8 heavy (non-hydrogen) atoms. The molecular weight excluding hydrogens is 104 g/mol. The van der Waals surface area contributed by atoms with Crippen molar-refractivity contribution >= 4 is 5.97 Å². The molecule has 0 atom stereocenters. The highest BCUT2D eigenvalue weighted by atomic mass is 16.5. The molecule has 0 aromatic carbocycles. The quantitative estimate of drug-likeness (QED) is 0.380. The number of terminal acetylenes is 1. The predicted molar refractivity (Wildman–Crippen MR) is 29.8 cm³/mol. The molecular formula is C6H7O2. The average Bonchev–Trinajstić information content (AvgIpc) is 1.83. The Morgan fingerprint density at radius 1 is 2.00 bits per heavy atom. The molecule has 1 radical (unpaired) electrons. The van der Waals surface area contributed by atoms with Gasteiger partial charge < -0.3 is 4.74 Å². The van der Waals surface area contributed by atoms with Crippen LogP contribution >= 0.6 is 0 Å². The van der Waals surface area contributed by atoms with Gasteiger partial charge in [-0.05, 0) is 0 Å². The zero-order valence-corrected chi connectivity index (χ0v) is 4.68. The van der Waals surface area contributed by atoms with E-state index in [9.17, 15) is 4.79 Å². The topological polar surface area (TPSA) is 26.3 Å². The van der Waals surface area contributed by atoms with E-state index in [4.69, 9.17) is 6.42 Å². The van der Waals surface area contributed by atoms with Crippen LogP contribution in [-0.2, 0) is 9.53 Å². The zero-order valence-electron chi connectivity index (χ0n) is 4.68. The molecule has 0 N–H and O–H groups in total. The van der Waals surface area contributed by atoms with E-state index in [-0.39, 0.29) is 12.6 Å². The Balaban J connectivity index is 3.15. The fourth-order valence-electron chi connectivity index (χ4n) is 0.196. The highest BCUT2D eigenvalue weighted by molar-refractivity contribution is 5.78. The molecule has 43 valence electrons. The van der Waals surface area contributed by atoms with Crippen LogP contribution < -0.4 is 0 Å². The first-order chi connectivity index (χ1) is 3.81. The van der Waals surface area contributed by atoms with Crippen LogP contribution in [0, 0.1) is 18.8 Å². The number of carbonyl (C=O) groups is 1.